The predicted octanol–water partition coefficient (Wildman–Crippen LogP) is -2.40. The van der Waals surface area contributed by atoms with Gasteiger partial charge in [-0.2, -0.15) is 9.90 Å². The van der Waals surface area contributed by atoms with Crippen LogP contribution >= 0.6 is 9.90 Å². The molecule has 0 saturated heterocycles. The van der Waals surface area contributed by atoms with Crippen LogP contribution in [0.3, 0.4) is 0 Å². The van der Waals surface area contributed by atoms with Crippen molar-refractivity contribution < 1.29 is 23.9 Å². The normalized spacial score (nSPS) is 8.57. The van der Waals surface area contributed by atoms with Gasteiger partial charge in [-0.05, 0) is 0 Å². The molecule has 0 aromatic rings. The highest BCUT2D eigenvalue weighted by Crippen LogP contribution is 1.67. The third kappa shape index (κ3) is 720. The first-order valence-corrected chi connectivity index (χ1v) is 2.68. The largest absolute Gasteiger partial charge is 0.668 e. The monoisotopic (exact) mass is 150 g/mol. The summed E-state index contributed by atoms with van der Waals surface area (Å²) >= 11 is 0. The summed E-state index contributed by atoms with van der Waals surface area (Å²) in [5, 5.41) is 0. The van der Waals surface area contributed by atoms with Gasteiger partial charge in [0, 0.05) is 0 Å². The molecule has 7 heavy (non-hydrogen) atoms. The Hall–Kier alpha value is 0.417. The van der Waals surface area contributed by atoms with E-state index >= 15 is 0 Å². The first-order chi connectivity index (χ1) is 2.00. The van der Waals surface area contributed by atoms with Gasteiger partial charge in [-0.15, -0.1) is 0 Å². The Morgan fingerprint density at radius 1 is 0.857 bits per heavy atom. The maximum atomic E-state index is 7.33. The van der Waals surface area contributed by atoms with Crippen molar-refractivity contribution in [3.8, 4) is 0 Å². The van der Waals surface area contributed by atoms with Crippen molar-refractivity contribution in [3.05, 3.63) is 0 Å². The van der Waals surface area contributed by atoms with Crippen molar-refractivity contribution in [2.75, 3.05) is 0 Å². The van der Waals surface area contributed by atoms with Gasteiger partial charge in [-0.1, -0.05) is 0 Å². The second kappa shape index (κ2) is 4.57. The minimum absolute atomic E-state index is 0. The molecule has 4 nitrogen and oxygen atoms in total. The summed E-state index contributed by atoms with van der Waals surface area (Å²) in [4.78, 5) is 29.3. The van der Waals surface area contributed by atoms with E-state index in [0.717, 1.165) is 0 Å². The minimum Gasteiger partial charge on any atom is -0.368 e. The van der Waals surface area contributed by atoms with Gasteiger partial charge in [0.2, 0.25) is 0 Å². The number of rotatable bonds is 0. The third-order valence-corrected chi connectivity index (χ3v) is 0. The molecule has 0 bridgehead atoms. The topological polar surface area (TPSA) is 80.9 Å². The van der Waals surface area contributed by atoms with E-state index in [0.29, 0.717) is 0 Å². The zero-order valence-electron chi connectivity index (χ0n) is 3.40. The lowest BCUT2D eigenvalue weighted by molar-refractivity contribution is 0.117. The molecule has 0 spiro atoms. The molecule has 0 aliphatic heterocycles. The molecule has 1 unspecified atom stereocenters. The average Bonchev–Trinajstić information content (AvgIpc) is 0.722. The summed E-state index contributed by atoms with van der Waals surface area (Å²) < 4.78 is 0. The van der Waals surface area contributed by atoms with E-state index in [9.17, 15) is 0 Å². The molecule has 0 aromatic carbocycles. The van der Waals surface area contributed by atoms with E-state index in [1.54, 1.807) is 0 Å². The van der Waals surface area contributed by atoms with Crippen LogP contribution in [0.25, 0.3) is 0 Å². The minimum atomic E-state index is -4.61. The van der Waals surface area contributed by atoms with Crippen LogP contribution in [-0.2, 0) is 0 Å². The fourth-order valence-electron chi connectivity index (χ4n) is 0. The lowest BCUT2D eigenvalue weighted by atomic mass is 15.7. The molecule has 0 rings (SSSR count). The molecule has 0 aromatic heterocycles. The second-order valence-electron chi connectivity index (χ2n) is 0.600. The Kier molecular flexibility index (Phi) is 10.2. The van der Waals surface area contributed by atoms with Crippen LogP contribution in [0.4, 0.5) is 4.70 Å². The zero-order valence-corrected chi connectivity index (χ0v) is 5.82. The van der Waals surface area contributed by atoms with Gasteiger partial charge in [0.15, 0.2) is 0 Å². The fourth-order valence-corrected chi connectivity index (χ4v) is 0. The average molecular weight is 150 g/mol. The Labute approximate surface area is 43.9 Å². The molecule has 7 heteroatoms. The van der Waals surface area contributed by atoms with Crippen LogP contribution in [0.15, 0.2) is 0 Å². The van der Waals surface area contributed by atoms with E-state index in [1.807, 2.05) is 0 Å². The van der Waals surface area contributed by atoms with Crippen LogP contribution in [-0.4, -0.2) is 28.2 Å². The number of hydrogen-bond acceptors (Lipinski definition) is 4. The third-order valence-electron chi connectivity index (χ3n) is 0. The molecule has 0 radical (unpaired) electrons. The van der Waals surface area contributed by atoms with Gasteiger partial charge >= 0.3 is 9.05 Å². The van der Waals surface area contributed by atoms with Crippen LogP contribution < -0.4 is 0 Å². The van der Waals surface area contributed by atoms with Crippen molar-refractivity contribution in [3.63, 3.8) is 0 Å². The van der Waals surface area contributed by atoms with Gasteiger partial charge in [0.25, 0.3) is 0 Å². The molecule has 1 atom stereocenters. The smallest absolute Gasteiger partial charge is 0.368 e. The SMILES string of the molecule is F.O[Si](O)(O)O.P. The Morgan fingerprint density at radius 2 is 0.857 bits per heavy atom. The molecule has 0 amide bonds. The van der Waals surface area contributed by atoms with Crippen molar-refractivity contribution in [2.45, 2.75) is 0 Å². The first-order valence-electron chi connectivity index (χ1n) is 0.894. The second-order valence-corrected chi connectivity index (χ2v) is 1.80. The first kappa shape index (κ1) is 15.7. The molecule has 0 aliphatic rings. The van der Waals surface area contributed by atoms with Gasteiger partial charge < -0.3 is 19.2 Å². The van der Waals surface area contributed by atoms with Crippen LogP contribution in [0.5, 0.6) is 0 Å². The van der Waals surface area contributed by atoms with Crippen molar-refractivity contribution >= 4 is 18.9 Å². The summed E-state index contributed by atoms with van der Waals surface area (Å²) in [7, 11) is -4.61. The van der Waals surface area contributed by atoms with E-state index in [1.165, 1.54) is 0 Å². The highest BCUT2D eigenvalue weighted by molar-refractivity contribution is 6.92. The Bertz CT molecular complexity index is 27.2. The fraction of sp³-hybridized carbons (Fsp3) is 0. The lowest BCUT2D eigenvalue weighted by Gasteiger charge is -1.91. The summed E-state index contributed by atoms with van der Waals surface area (Å²) in [6.07, 6.45) is 0. The summed E-state index contributed by atoms with van der Waals surface area (Å²) in [6, 6.07) is 0. The molecule has 0 aliphatic carbocycles. The van der Waals surface area contributed by atoms with Crippen LogP contribution in [0, 0.1) is 0 Å². The van der Waals surface area contributed by atoms with E-state index in [4.69, 9.17) is 19.2 Å². The lowest BCUT2D eigenvalue weighted by Crippen LogP contribution is -2.33. The predicted molar refractivity (Wildman–Crippen MR) is 28.2 cm³/mol. The molecule has 4 N–H and O–H groups in total. The van der Waals surface area contributed by atoms with E-state index in [2.05, 4.69) is 0 Å². The van der Waals surface area contributed by atoms with Crippen molar-refractivity contribution in [1.82, 2.24) is 0 Å². The van der Waals surface area contributed by atoms with Crippen LogP contribution in [0.1, 0.15) is 0 Å². The zero-order chi connectivity index (χ0) is 4.50. The molecule has 0 heterocycles. The summed E-state index contributed by atoms with van der Waals surface area (Å²) in [5.41, 5.74) is 0. The summed E-state index contributed by atoms with van der Waals surface area (Å²) in [6.45, 7) is 0. The highest BCUT2D eigenvalue weighted by Gasteiger charge is 2.22. The van der Waals surface area contributed by atoms with Crippen molar-refractivity contribution in [1.29, 1.82) is 0 Å². The quantitative estimate of drug-likeness (QED) is 0.229. The Balaban J connectivity index is -0.0000000800. The molecular weight excluding hydrogens is 142 g/mol. The van der Waals surface area contributed by atoms with Gasteiger partial charge in [0.05, 0.1) is 0 Å². The van der Waals surface area contributed by atoms with Gasteiger partial charge in [-0.3, -0.25) is 4.70 Å². The van der Waals surface area contributed by atoms with E-state index in [-0.39, 0.29) is 14.6 Å². The van der Waals surface area contributed by atoms with Crippen molar-refractivity contribution in [2.24, 2.45) is 0 Å². The highest BCUT2D eigenvalue weighted by atomic mass is 31.0. The maximum absolute atomic E-state index is 7.33. The standard InChI is InChI=1S/FH.H4O4Si.H3P/c;1-5(2,3)4;/h1H;1-4H;1H3. The van der Waals surface area contributed by atoms with Gasteiger partial charge in [-0.25, -0.2) is 0 Å². The number of hydrogen-bond donors (Lipinski definition) is 4. The molecule has 0 saturated carbocycles. The summed E-state index contributed by atoms with van der Waals surface area (Å²) in [5.74, 6) is 0. The Morgan fingerprint density at radius 3 is 0.857 bits per heavy atom. The van der Waals surface area contributed by atoms with Crippen LogP contribution in [0.2, 0.25) is 0 Å². The number of halogens is 1. The molecular formula is H8FO4PSi. The molecule has 48 valence electrons. The molecule has 0 fully saturated rings. The maximum Gasteiger partial charge on any atom is 0.668 e. The van der Waals surface area contributed by atoms with E-state index < -0.39 is 9.05 Å². The van der Waals surface area contributed by atoms with Gasteiger partial charge in [0.1, 0.15) is 0 Å².